The first-order chi connectivity index (χ1) is 10.1. The van der Waals surface area contributed by atoms with Crippen LogP contribution in [0.5, 0.6) is 0 Å². The molecule has 21 heavy (non-hydrogen) atoms. The maximum absolute atomic E-state index is 6.39. The number of nitrogens with zero attached hydrogens (tertiary/aromatic N) is 1. The fourth-order valence-electron chi connectivity index (χ4n) is 2.61. The van der Waals surface area contributed by atoms with Crippen LogP contribution in [0.25, 0.3) is 10.9 Å². The molecule has 0 saturated carbocycles. The van der Waals surface area contributed by atoms with Gasteiger partial charge in [0.2, 0.25) is 0 Å². The Balaban J connectivity index is 2.08. The Labute approximate surface area is 137 Å². The normalized spacial score (nSPS) is 11.2. The molecule has 2 nitrogen and oxygen atoms in total. The molecule has 4 heteroatoms. The fourth-order valence-corrected chi connectivity index (χ4v) is 3.42. The van der Waals surface area contributed by atoms with E-state index in [-0.39, 0.29) is 0 Å². The molecule has 0 aliphatic carbocycles. The van der Waals surface area contributed by atoms with E-state index < -0.39 is 0 Å². The van der Waals surface area contributed by atoms with Crippen LogP contribution in [0.4, 0.5) is 0 Å². The Bertz CT molecular complexity index is 808. The van der Waals surface area contributed by atoms with Crippen LogP contribution in [-0.4, -0.2) is 4.57 Å². The van der Waals surface area contributed by atoms with Gasteiger partial charge in [-0.3, -0.25) is 0 Å². The van der Waals surface area contributed by atoms with Gasteiger partial charge in [-0.1, -0.05) is 41.9 Å². The summed E-state index contributed by atoms with van der Waals surface area (Å²) in [5.41, 5.74) is 10.2. The van der Waals surface area contributed by atoms with Gasteiger partial charge in [-0.25, -0.2) is 0 Å². The van der Waals surface area contributed by atoms with Gasteiger partial charge >= 0.3 is 0 Å². The Morgan fingerprint density at radius 2 is 1.95 bits per heavy atom. The van der Waals surface area contributed by atoms with Gasteiger partial charge in [-0.2, -0.15) is 0 Å². The molecule has 1 heterocycles. The van der Waals surface area contributed by atoms with E-state index in [0.29, 0.717) is 6.54 Å². The maximum atomic E-state index is 6.39. The summed E-state index contributed by atoms with van der Waals surface area (Å²) in [6.45, 7) is 3.38. The first kappa shape index (κ1) is 14.6. The first-order valence-corrected chi connectivity index (χ1v) is 7.99. The molecule has 0 unspecified atom stereocenters. The summed E-state index contributed by atoms with van der Waals surface area (Å²) in [6, 6.07) is 14.4. The van der Waals surface area contributed by atoms with E-state index in [0.717, 1.165) is 27.2 Å². The molecule has 0 radical (unpaired) electrons. The zero-order valence-electron chi connectivity index (χ0n) is 11.7. The zero-order chi connectivity index (χ0) is 15.0. The standard InChI is InChI=1S/C17H16BrClN2/c1-11-17(18)14-4-2-3-5-16(14)21(11)10-13-7-6-12(9-20)8-15(13)19/h2-8H,9-10,20H2,1H3. The van der Waals surface area contributed by atoms with Gasteiger partial charge in [0.1, 0.15) is 0 Å². The highest BCUT2D eigenvalue weighted by atomic mass is 79.9. The highest BCUT2D eigenvalue weighted by molar-refractivity contribution is 9.10. The minimum atomic E-state index is 0.511. The van der Waals surface area contributed by atoms with Crippen molar-refractivity contribution in [3.63, 3.8) is 0 Å². The quantitative estimate of drug-likeness (QED) is 0.707. The topological polar surface area (TPSA) is 30.9 Å². The van der Waals surface area contributed by atoms with E-state index in [1.807, 2.05) is 12.1 Å². The molecule has 0 bridgehead atoms. The van der Waals surface area contributed by atoms with Crippen molar-refractivity contribution >= 4 is 38.4 Å². The second-order valence-corrected chi connectivity index (χ2v) is 6.33. The molecular weight excluding hydrogens is 348 g/mol. The average Bonchev–Trinajstić information content (AvgIpc) is 2.74. The van der Waals surface area contributed by atoms with Crippen LogP contribution in [0, 0.1) is 6.92 Å². The van der Waals surface area contributed by atoms with Crippen molar-refractivity contribution in [2.24, 2.45) is 5.73 Å². The number of nitrogens with two attached hydrogens (primary N) is 1. The van der Waals surface area contributed by atoms with Crippen LogP contribution in [0.3, 0.4) is 0 Å². The lowest BCUT2D eigenvalue weighted by Crippen LogP contribution is -2.03. The maximum Gasteiger partial charge on any atom is 0.0497 e. The van der Waals surface area contributed by atoms with Crippen molar-refractivity contribution in [1.82, 2.24) is 4.57 Å². The van der Waals surface area contributed by atoms with Crippen LogP contribution < -0.4 is 5.73 Å². The van der Waals surface area contributed by atoms with Gasteiger partial charge in [0.05, 0.1) is 0 Å². The van der Waals surface area contributed by atoms with Crippen LogP contribution in [0.15, 0.2) is 46.9 Å². The van der Waals surface area contributed by atoms with Crippen LogP contribution in [0.1, 0.15) is 16.8 Å². The van der Waals surface area contributed by atoms with Gasteiger partial charge in [0.25, 0.3) is 0 Å². The number of benzene rings is 2. The van der Waals surface area contributed by atoms with Crippen molar-refractivity contribution in [3.05, 3.63) is 68.8 Å². The largest absolute Gasteiger partial charge is 0.339 e. The predicted octanol–water partition coefficient (Wildman–Crippen LogP) is 4.87. The molecule has 0 atom stereocenters. The van der Waals surface area contributed by atoms with E-state index in [2.05, 4.69) is 57.8 Å². The average molecular weight is 364 g/mol. The van der Waals surface area contributed by atoms with Crippen LogP contribution in [0.2, 0.25) is 5.02 Å². The third kappa shape index (κ3) is 2.61. The lowest BCUT2D eigenvalue weighted by atomic mass is 10.1. The minimum Gasteiger partial charge on any atom is -0.339 e. The van der Waals surface area contributed by atoms with E-state index >= 15 is 0 Å². The summed E-state index contributed by atoms with van der Waals surface area (Å²) >= 11 is 10.1. The SMILES string of the molecule is Cc1c(Br)c2ccccc2n1Cc1ccc(CN)cc1Cl. The highest BCUT2D eigenvalue weighted by Gasteiger charge is 2.12. The summed E-state index contributed by atoms with van der Waals surface area (Å²) in [7, 11) is 0. The van der Waals surface area contributed by atoms with Gasteiger partial charge in [0.15, 0.2) is 0 Å². The smallest absolute Gasteiger partial charge is 0.0497 e. The summed E-state index contributed by atoms with van der Waals surface area (Å²) in [4.78, 5) is 0. The van der Waals surface area contributed by atoms with E-state index in [4.69, 9.17) is 17.3 Å². The molecule has 108 valence electrons. The van der Waals surface area contributed by atoms with E-state index in [1.54, 1.807) is 0 Å². The molecule has 0 saturated heterocycles. The Morgan fingerprint density at radius 1 is 1.19 bits per heavy atom. The van der Waals surface area contributed by atoms with Gasteiger partial charge in [-0.05, 0) is 46.1 Å². The number of hydrogen-bond donors (Lipinski definition) is 1. The summed E-state index contributed by atoms with van der Waals surface area (Å²) in [6.07, 6.45) is 0. The lowest BCUT2D eigenvalue weighted by Gasteiger charge is -2.11. The number of rotatable bonds is 3. The van der Waals surface area contributed by atoms with Crippen LogP contribution in [-0.2, 0) is 13.1 Å². The highest BCUT2D eigenvalue weighted by Crippen LogP contribution is 2.31. The zero-order valence-corrected chi connectivity index (χ0v) is 14.1. The number of aromatic nitrogens is 1. The molecular formula is C17H16BrClN2. The molecule has 3 aromatic rings. The summed E-state index contributed by atoms with van der Waals surface area (Å²) in [5.74, 6) is 0. The second kappa shape index (κ2) is 5.84. The van der Waals surface area contributed by atoms with Crippen molar-refractivity contribution in [2.75, 3.05) is 0 Å². The Hall–Kier alpha value is -1.29. The van der Waals surface area contributed by atoms with Gasteiger partial charge in [-0.15, -0.1) is 0 Å². The summed E-state index contributed by atoms with van der Waals surface area (Å²) in [5, 5.41) is 2.00. The number of hydrogen-bond acceptors (Lipinski definition) is 1. The van der Waals surface area contributed by atoms with Gasteiger partial charge in [0, 0.05) is 39.2 Å². The molecule has 2 aromatic carbocycles. The van der Waals surface area contributed by atoms with E-state index in [9.17, 15) is 0 Å². The molecule has 2 N–H and O–H groups in total. The number of para-hydroxylation sites is 1. The monoisotopic (exact) mass is 362 g/mol. The second-order valence-electron chi connectivity index (χ2n) is 5.13. The molecule has 0 aliphatic heterocycles. The van der Waals surface area contributed by atoms with Crippen molar-refractivity contribution in [1.29, 1.82) is 0 Å². The first-order valence-electron chi connectivity index (χ1n) is 6.82. The molecule has 1 aromatic heterocycles. The lowest BCUT2D eigenvalue weighted by molar-refractivity contribution is 0.802. The van der Waals surface area contributed by atoms with E-state index in [1.165, 1.54) is 16.6 Å². The summed E-state index contributed by atoms with van der Waals surface area (Å²) < 4.78 is 3.43. The minimum absolute atomic E-state index is 0.511. The third-order valence-corrected chi connectivity index (χ3v) is 5.19. The number of fused-ring (bicyclic) bond motifs is 1. The molecule has 0 aliphatic rings. The molecule has 0 fully saturated rings. The van der Waals surface area contributed by atoms with Crippen molar-refractivity contribution < 1.29 is 0 Å². The van der Waals surface area contributed by atoms with Gasteiger partial charge < -0.3 is 10.3 Å². The predicted molar refractivity (Wildman–Crippen MR) is 92.8 cm³/mol. The number of halogens is 2. The van der Waals surface area contributed by atoms with Crippen molar-refractivity contribution in [3.8, 4) is 0 Å². The fraction of sp³-hybridized carbons (Fsp3) is 0.176. The Morgan fingerprint density at radius 3 is 2.67 bits per heavy atom. The molecule has 0 amide bonds. The third-order valence-electron chi connectivity index (χ3n) is 3.84. The van der Waals surface area contributed by atoms with Crippen molar-refractivity contribution in [2.45, 2.75) is 20.0 Å². The molecule has 3 rings (SSSR count). The molecule has 0 spiro atoms. The van der Waals surface area contributed by atoms with Crippen LogP contribution >= 0.6 is 27.5 Å². The Kier molecular flexibility index (Phi) is 4.07.